The van der Waals surface area contributed by atoms with Crippen LogP contribution in [0, 0.1) is 0 Å². The first-order chi connectivity index (χ1) is 8.19. The molecule has 1 saturated heterocycles. The Morgan fingerprint density at radius 2 is 2.59 bits per heavy atom. The molecule has 1 fully saturated rings. The molecule has 0 saturated carbocycles. The Bertz CT molecular complexity index is 391. The highest BCUT2D eigenvalue weighted by atomic mass is 16.5. The molecule has 1 amide bonds. The summed E-state index contributed by atoms with van der Waals surface area (Å²) in [6.45, 7) is 1.20. The summed E-state index contributed by atoms with van der Waals surface area (Å²) in [6.07, 6.45) is 2.72. The van der Waals surface area contributed by atoms with Crippen LogP contribution in [0.3, 0.4) is 0 Å². The first-order valence-electron chi connectivity index (χ1n) is 5.71. The molecule has 1 aliphatic rings. The highest BCUT2D eigenvalue weighted by molar-refractivity contribution is 5.82. The van der Waals surface area contributed by atoms with Gasteiger partial charge in [-0.25, -0.2) is 0 Å². The summed E-state index contributed by atoms with van der Waals surface area (Å²) in [6, 6.07) is 1.74. The second kappa shape index (κ2) is 5.29. The number of carbonyl (C=O) groups excluding carboxylic acids is 1. The quantitative estimate of drug-likeness (QED) is 0.736. The number of hydrogen-bond acceptors (Lipinski definition) is 4. The van der Waals surface area contributed by atoms with E-state index in [-0.39, 0.29) is 18.1 Å². The summed E-state index contributed by atoms with van der Waals surface area (Å²) in [7, 11) is 3.52. The largest absolute Gasteiger partial charge is 0.380 e. The van der Waals surface area contributed by atoms with E-state index >= 15 is 0 Å². The minimum absolute atomic E-state index is 0.00945. The van der Waals surface area contributed by atoms with Crippen molar-refractivity contribution in [3.8, 4) is 0 Å². The number of amides is 1. The molecule has 6 nitrogen and oxygen atoms in total. The Labute approximate surface area is 100 Å². The summed E-state index contributed by atoms with van der Waals surface area (Å²) in [5.41, 5.74) is 0.863. The number of rotatable bonds is 4. The van der Waals surface area contributed by atoms with Crippen molar-refractivity contribution in [3.05, 3.63) is 18.0 Å². The standard InChI is InChI=1S/C11H18N4O2/c1-15-4-3-8(14-15)6-13-11(16)10-5-9(17-2)7-12-10/h3-4,9-10,12H,5-7H2,1-2H3,(H,13,16). The summed E-state index contributed by atoms with van der Waals surface area (Å²) in [5.74, 6) is 0.00945. The van der Waals surface area contributed by atoms with E-state index in [2.05, 4.69) is 15.7 Å². The van der Waals surface area contributed by atoms with Gasteiger partial charge in [-0.15, -0.1) is 0 Å². The van der Waals surface area contributed by atoms with Crippen molar-refractivity contribution < 1.29 is 9.53 Å². The van der Waals surface area contributed by atoms with Crippen LogP contribution in [0.1, 0.15) is 12.1 Å². The fourth-order valence-electron chi connectivity index (χ4n) is 1.94. The van der Waals surface area contributed by atoms with Crippen molar-refractivity contribution in [1.82, 2.24) is 20.4 Å². The third-order valence-corrected chi connectivity index (χ3v) is 2.95. The number of aromatic nitrogens is 2. The van der Waals surface area contributed by atoms with Crippen LogP contribution in [0.25, 0.3) is 0 Å². The van der Waals surface area contributed by atoms with E-state index in [1.54, 1.807) is 11.8 Å². The molecule has 0 aliphatic carbocycles. The molecule has 0 spiro atoms. The highest BCUT2D eigenvalue weighted by Crippen LogP contribution is 2.09. The summed E-state index contributed by atoms with van der Waals surface area (Å²) in [4.78, 5) is 11.8. The van der Waals surface area contributed by atoms with Crippen LogP contribution < -0.4 is 10.6 Å². The summed E-state index contributed by atoms with van der Waals surface area (Å²) < 4.78 is 6.92. The normalized spacial score (nSPS) is 23.9. The fraction of sp³-hybridized carbons (Fsp3) is 0.636. The Kier molecular flexibility index (Phi) is 3.75. The van der Waals surface area contributed by atoms with E-state index in [0.717, 1.165) is 18.7 Å². The molecule has 1 aromatic rings. The predicted molar refractivity (Wildman–Crippen MR) is 62.3 cm³/mol. The van der Waals surface area contributed by atoms with Gasteiger partial charge in [0.1, 0.15) is 0 Å². The maximum absolute atomic E-state index is 11.8. The van der Waals surface area contributed by atoms with Gasteiger partial charge in [0, 0.05) is 26.9 Å². The zero-order valence-corrected chi connectivity index (χ0v) is 10.1. The number of aryl methyl sites for hydroxylation is 1. The van der Waals surface area contributed by atoms with E-state index in [4.69, 9.17) is 4.74 Å². The SMILES string of the molecule is COC1CNC(C(=O)NCc2ccn(C)n2)C1. The lowest BCUT2D eigenvalue weighted by molar-refractivity contribution is -0.123. The van der Waals surface area contributed by atoms with E-state index in [0.29, 0.717) is 6.54 Å². The van der Waals surface area contributed by atoms with Crippen LogP contribution in [0.4, 0.5) is 0 Å². The van der Waals surface area contributed by atoms with E-state index < -0.39 is 0 Å². The van der Waals surface area contributed by atoms with Crippen LogP contribution in [0.2, 0.25) is 0 Å². The number of nitrogens with one attached hydrogen (secondary N) is 2. The number of carbonyl (C=O) groups is 1. The summed E-state index contributed by atoms with van der Waals surface area (Å²) >= 11 is 0. The molecule has 2 heterocycles. The average Bonchev–Trinajstić information content (AvgIpc) is 2.94. The molecule has 0 aromatic carbocycles. The maximum Gasteiger partial charge on any atom is 0.237 e. The second-order valence-corrected chi connectivity index (χ2v) is 4.25. The lowest BCUT2D eigenvalue weighted by Gasteiger charge is -2.10. The number of ether oxygens (including phenoxy) is 1. The van der Waals surface area contributed by atoms with Gasteiger partial charge < -0.3 is 15.4 Å². The van der Waals surface area contributed by atoms with Gasteiger partial charge in [-0.2, -0.15) is 5.10 Å². The highest BCUT2D eigenvalue weighted by Gasteiger charge is 2.28. The van der Waals surface area contributed by atoms with E-state index in [9.17, 15) is 4.79 Å². The smallest absolute Gasteiger partial charge is 0.237 e. The molecule has 2 N–H and O–H groups in total. The Hall–Kier alpha value is -1.40. The van der Waals surface area contributed by atoms with Crippen molar-refractivity contribution in [1.29, 1.82) is 0 Å². The fourth-order valence-corrected chi connectivity index (χ4v) is 1.94. The first kappa shape index (κ1) is 12.1. The Balaban J connectivity index is 1.78. The molecule has 2 unspecified atom stereocenters. The molecule has 1 aromatic heterocycles. The van der Waals surface area contributed by atoms with Gasteiger partial charge in [-0.3, -0.25) is 9.48 Å². The second-order valence-electron chi connectivity index (χ2n) is 4.25. The minimum Gasteiger partial charge on any atom is -0.380 e. The summed E-state index contributed by atoms with van der Waals surface area (Å²) in [5, 5.41) is 10.2. The van der Waals surface area contributed by atoms with Gasteiger partial charge in [0.25, 0.3) is 0 Å². The predicted octanol–water partition coefficient (Wildman–Crippen LogP) is -0.587. The molecule has 0 radical (unpaired) electrons. The molecular formula is C11H18N4O2. The lowest BCUT2D eigenvalue weighted by atomic mass is 10.2. The molecular weight excluding hydrogens is 220 g/mol. The van der Waals surface area contributed by atoms with Crippen molar-refractivity contribution >= 4 is 5.91 Å². The van der Waals surface area contributed by atoms with Crippen molar-refractivity contribution in [3.63, 3.8) is 0 Å². The molecule has 6 heteroatoms. The van der Waals surface area contributed by atoms with E-state index in [1.807, 2.05) is 19.3 Å². The number of methoxy groups -OCH3 is 1. The molecule has 2 rings (SSSR count). The minimum atomic E-state index is -0.149. The molecule has 0 bridgehead atoms. The van der Waals surface area contributed by atoms with Crippen molar-refractivity contribution in [2.45, 2.75) is 25.1 Å². The maximum atomic E-state index is 11.8. The number of hydrogen-bond donors (Lipinski definition) is 2. The lowest BCUT2D eigenvalue weighted by Crippen LogP contribution is -2.40. The molecule has 17 heavy (non-hydrogen) atoms. The van der Waals surface area contributed by atoms with Crippen LogP contribution in [0.15, 0.2) is 12.3 Å². The number of nitrogens with zero attached hydrogens (tertiary/aromatic N) is 2. The monoisotopic (exact) mass is 238 g/mol. The topological polar surface area (TPSA) is 68.2 Å². The van der Waals surface area contributed by atoms with Crippen LogP contribution in [0.5, 0.6) is 0 Å². The first-order valence-corrected chi connectivity index (χ1v) is 5.71. The zero-order chi connectivity index (χ0) is 12.3. The van der Waals surface area contributed by atoms with Gasteiger partial charge in [-0.05, 0) is 12.5 Å². The van der Waals surface area contributed by atoms with Crippen LogP contribution >= 0.6 is 0 Å². The van der Waals surface area contributed by atoms with Crippen molar-refractivity contribution in [2.24, 2.45) is 7.05 Å². The average molecular weight is 238 g/mol. The van der Waals surface area contributed by atoms with E-state index in [1.165, 1.54) is 0 Å². The van der Waals surface area contributed by atoms with Crippen LogP contribution in [-0.2, 0) is 23.1 Å². The zero-order valence-electron chi connectivity index (χ0n) is 10.1. The van der Waals surface area contributed by atoms with Gasteiger partial charge in [-0.1, -0.05) is 0 Å². The molecule has 2 atom stereocenters. The van der Waals surface area contributed by atoms with Crippen molar-refractivity contribution in [2.75, 3.05) is 13.7 Å². The molecule has 1 aliphatic heterocycles. The van der Waals surface area contributed by atoms with Gasteiger partial charge >= 0.3 is 0 Å². The van der Waals surface area contributed by atoms with Gasteiger partial charge in [0.05, 0.1) is 24.4 Å². The molecule has 94 valence electrons. The third kappa shape index (κ3) is 3.04. The van der Waals surface area contributed by atoms with Gasteiger partial charge in [0.15, 0.2) is 0 Å². The third-order valence-electron chi connectivity index (χ3n) is 2.95. The van der Waals surface area contributed by atoms with Crippen LogP contribution in [-0.4, -0.2) is 41.5 Å². The Morgan fingerprint density at radius 1 is 1.76 bits per heavy atom. The Morgan fingerprint density at radius 3 is 3.18 bits per heavy atom. The van der Waals surface area contributed by atoms with Gasteiger partial charge in [0.2, 0.25) is 5.91 Å².